The number of thiophene rings is 1. The summed E-state index contributed by atoms with van der Waals surface area (Å²) in [6.45, 7) is 0. The summed E-state index contributed by atoms with van der Waals surface area (Å²) in [4.78, 5) is 9.59. The fourth-order valence-corrected chi connectivity index (χ4v) is 4.03. The molecule has 114 valence electrons. The first-order valence-electron chi connectivity index (χ1n) is 7.96. The number of fused-ring (bicyclic) bond motifs is 3. The van der Waals surface area contributed by atoms with Gasteiger partial charge in [-0.05, 0) is 40.8 Å². The second-order valence-corrected chi connectivity index (χ2v) is 6.72. The zero-order valence-corrected chi connectivity index (χ0v) is 13.8. The Hall–Kier alpha value is -2.78. The minimum Gasteiger partial charge on any atom is -0.256 e. The smallest absolute Gasteiger partial charge is 0.0754 e. The van der Waals surface area contributed by atoms with E-state index in [1.807, 2.05) is 18.3 Å². The van der Waals surface area contributed by atoms with Crippen LogP contribution >= 0.6 is 11.3 Å². The van der Waals surface area contributed by atoms with Crippen LogP contribution in [0.15, 0.2) is 71.6 Å². The molecule has 1 aliphatic carbocycles. The molecule has 0 saturated carbocycles. The van der Waals surface area contributed by atoms with Crippen molar-refractivity contribution in [2.45, 2.75) is 6.42 Å². The number of nitrogens with zero attached hydrogens (tertiary/aromatic N) is 2. The van der Waals surface area contributed by atoms with E-state index >= 15 is 0 Å². The van der Waals surface area contributed by atoms with Crippen LogP contribution in [-0.2, 0) is 6.42 Å². The lowest BCUT2D eigenvalue weighted by atomic mass is 10.00. The SMILES string of the molecule is c1ccc(-c2cc(-c3ccsc3)nc3c2Cc2ccccc2-3)nc1. The largest absolute Gasteiger partial charge is 0.256 e. The van der Waals surface area contributed by atoms with Crippen molar-refractivity contribution in [2.24, 2.45) is 0 Å². The Balaban J connectivity index is 1.81. The lowest BCUT2D eigenvalue weighted by Gasteiger charge is -2.10. The third kappa shape index (κ3) is 2.09. The van der Waals surface area contributed by atoms with E-state index in [-0.39, 0.29) is 0 Å². The van der Waals surface area contributed by atoms with Crippen LogP contribution in [0.25, 0.3) is 33.8 Å². The standard InChI is InChI=1S/C21H14N2S/c1-2-6-16-14(5-1)11-18-17(19-7-3-4-9-22-19)12-20(23-21(16)18)15-8-10-24-13-15/h1-10,12-13H,11H2. The van der Waals surface area contributed by atoms with E-state index in [0.717, 1.165) is 23.5 Å². The van der Waals surface area contributed by atoms with Crippen molar-refractivity contribution in [3.05, 3.63) is 82.7 Å². The van der Waals surface area contributed by atoms with Gasteiger partial charge in [-0.3, -0.25) is 4.98 Å². The van der Waals surface area contributed by atoms with Gasteiger partial charge in [0.2, 0.25) is 0 Å². The van der Waals surface area contributed by atoms with Crippen molar-refractivity contribution in [1.82, 2.24) is 9.97 Å². The quantitative estimate of drug-likeness (QED) is 0.431. The van der Waals surface area contributed by atoms with Crippen LogP contribution in [0.3, 0.4) is 0 Å². The molecule has 0 radical (unpaired) electrons. The molecule has 0 fully saturated rings. The number of aromatic nitrogens is 2. The number of hydrogen-bond acceptors (Lipinski definition) is 3. The minimum absolute atomic E-state index is 0.925. The van der Waals surface area contributed by atoms with Gasteiger partial charge in [-0.1, -0.05) is 30.3 Å². The Morgan fingerprint density at radius 1 is 0.875 bits per heavy atom. The van der Waals surface area contributed by atoms with E-state index in [1.54, 1.807) is 11.3 Å². The molecule has 1 aromatic carbocycles. The van der Waals surface area contributed by atoms with Crippen LogP contribution in [-0.4, -0.2) is 9.97 Å². The van der Waals surface area contributed by atoms with Crippen molar-refractivity contribution in [1.29, 1.82) is 0 Å². The van der Waals surface area contributed by atoms with Gasteiger partial charge in [-0.15, -0.1) is 0 Å². The molecule has 3 heterocycles. The van der Waals surface area contributed by atoms with E-state index < -0.39 is 0 Å². The van der Waals surface area contributed by atoms with Crippen molar-refractivity contribution in [2.75, 3.05) is 0 Å². The zero-order valence-electron chi connectivity index (χ0n) is 12.9. The Bertz CT molecular complexity index is 1020. The summed E-state index contributed by atoms with van der Waals surface area (Å²) in [5.41, 5.74) is 9.39. The second kappa shape index (κ2) is 5.39. The van der Waals surface area contributed by atoms with E-state index in [4.69, 9.17) is 4.98 Å². The highest BCUT2D eigenvalue weighted by molar-refractivity contribution is 7.08. The van der Waals surface area contributed by atoms with E-state index in [0.29, 0.717) is 0 Å². The van der Waals surface area contributed by atoms with Gasteiger partial charge in [-0.2, -0.15) is 11.3 Å². The molecular formula is C21H14N2S. The molecule has 0 aliphatic heterocycles. The van der Waals surface area contributed by atoms with Crippen LogP contribution in [0.2, 0.25) is 0 Å². The summed E-state index contributed by atoms with van der Waals surface area (Å²) in [5.74, 6) is 0. The molecule has 0 saturated heterocycles. The lowest BCUT2D eigenvalue weighted by molar-refractivity contribution is 1.21. The fourth-order valence-electron chi connectivity index (χ4n) is 3.38. The fraction of sp³-hybridized carbons (Fsp3) is 0.0476. The van der Waals surface area contributed by atoms with Crippen LogP contribution in [0.1, 0.15) is 11.1 Å². The topological polar surface area (TPSA) is 25.8 Å². The molecule has 3 heteroatoms. The summed E-state index contributed by atoms with van der Waals surface area (Å²) in [7, 11) is 0. The van der Waals surface area contributed by atoms with Crippen LogP contribution in [0.5, 0.6) is 0 Å². The molecule has 0 atom stereocenters. The number of hydrogen-bond donors (Lipinski definition) is 0. The van der Waals surface area contributed by atoms with Gasteiger partial charge in [0.1, 0.15) is 0 Å². The molecule has 5 rings (SSSR count). The molecule has 0 spiro atoms. The van der Waals surface area contributed by atoms with Gasteiger partial charge in [0.05, 0.1) is 17.1 Å². The van der Waals surface area contributed by atoms with Crippen molar-refractivity contribution >= 4 is 11.3 Å². The second-order valence-electron chi connectivity index (χ2n) is 5.94. The van der Waals surface area contributed by atoms with Gasteiger partial charge < -0.3 is 0 Å². The molecule has 1 aliphatic rings. The van der Waals surface area contributed by atoms with E-state index in [2.05, 4.69) is 58.2 Å². The molecule has 4 aromatic rings. The number of pyridine rings is 2. The van der Waals surface area contributed by atoms with Crippen molar-refractivity contribution in [3.63, 3.8) is 0 Å². The summed E-state index contributed by atoms with van der Waals surface area (Å²) in [6, 6.07) is 19.0. The van der Waals surface area contributed by atoms with Crippen LogP contribution in [0, 0.1) is 0 Å². The maximum absolute atomic E-state index is 5.00. The highest BCUT2D eigenvalue weighted by Crippen LogP contribution is 2.41. The van der Waals surface area contributed by atoms with Crippen LogP contribution in [0.4, 0.5) is 0 Å². The summed E-state index contributed by atoms with van der Waals surface area (Å²) >= 11 is 1.70. The summed E-state index contributed by atoms with van der Waals surface area (Å²) < 4.78 is 0. The zero-order chi connectivity index (χ0) is 15.9. The molecule has 2 nitrogen and oxygen atoms in total. The number of benzene rings is 1. The van der Waals surface area contributed by atoms with E-state index in [9.17, 15) is 0 Å². The first kappa shape index (κ1) is 13.6. The first-order chi connectivity index (χ1) is 11.9. The van der Waals surface area contributed by atoms with Crippen molar-refractivity contribution in [3.8, 4) is 33.8 Å². The Morgan fingerprint density at radius 2 is 1.79 bits per heavy atom. The van der Waals surface area contributed by atoms with Gasteiger partial charge in [0, 0.05) is 34.7 Å². The Morgan fingerprint density at radius 3 is 2.62 bits per heavy atom. The van der Waals surface area contributed by atoms with E-state index in [1.165, 1.54) is 27.8 Å². The molecule has 0 bridgehead atoms. The minimum atomic E-state index is 0.925. The normalized spacial score (nSPS) is 12.0. The van der Waals surface area contributed by atoms with Crippen LogP contribution < -0.4 is 0 Å². The lowest BCUT2D eigenvalue weighted by Crippen LogP contribution is -1.95. The Kier molecular flexibility index (Phi) is 3.06. The maximum Gasteiger partial charge on any atom is 0.0754 e. The third-order valence-electron chi connectivity index (χ3n) is 4.52. The van der Waals surface area contributed by atoms with Gasteiger partial charge in [-0.25, -0.2) is 4.98 Å². The molecular weight excluding hydrogens is 312 g/mol. The first-order valence-corrected chi connectivity index (χ1v) is 8.90. The predicted molar refractivity (Wildman–Crippen MR) is 99.0 cm³/mol. The maximum atomic E-state index is 5.00. The molecule has 0 unspecified atom stereocenters. The third-order valence-corrected chi connectivity index (χ3v) is 5.21. The Labute approximate surface area is 144 Å². The summed E-state index contributed by atoms with van der Waals surface area (Å²) in [6.07, 6.45) is 2.78. The molecule has 3 aromatic heterocycles. The molecule has 0 amide bonds. The highest BCUT2D eigenvalue weighted by Gasteiger charge is 2.24. The van der Waals surface area contributed by atoms with Gasteiger partial charge in [0.25, 0.3) is 0 Å². The van der Waals surface area contributed by atoms with Crippen molar-refractivity contribution < 1.29 is 0 Å². The van der Waals surface area contributed by atoms with Gasteiger partial charge >= 0.3 is 0 Å². The average molecular weight is 326 g/mol. The molecule has 0 N–H and O–H groups in total. The average Bonchev–Trinajstić information content (AvgIpc) is 3.29. The molecule has 24 heavy (non-hydrogen) atoms. The predicted octanol–water partition coefficient (Wildman–Crippen LogP) is 5.44. The summed E-state index contributed by atoms with van der Waals surface area (Å²) in [5, 5.41) is 4.25. The monoisotopic (exact) mass is 326 g/mol. The highest BCUT2D eigenvalue weighted by atomic mass is 32.1. The van der Waals surface area contributed by atoms with Gasteiger partial charge in [0.15, 0.2) is 0 Å². The number of rotatable bonds is 2.